The molecular formula is C18H32N2O. The number of fused-ring (bicyclic) bond motifs is 1. The molecule has 2 saturated carbocycles. The number of hydrogen-bond donors (Lipinski definition) is 1. The molecule has 2 aliphatic carbocycles. The number of carbonyl (C=O) groups is 1. The first kappa shape index (κ1) is 15.3. The van der Waals surface area contributed by atoms with Gasteiger partial charge in [0.1, 0.15) is 0 Å². The maximum atomic E-state index is 13.0. The van der Waals surface area contributed by atoms with Gasteiger partial charge in [-0.2, -0.15) is 0 Å². The molecular weight excluding hydrogens is 260 g/mol. The zero-order chi connectivity index (χ0) is 14.7. The Kier molecular flexibility index (Phi) is 5.20. The summed E-state index contributed by atoms with van der Waals surface area (Å²) >= 11 is 0. The lowest BCUT2D eigenvalue weighted by molar-refractivity contribution is -0.141. The molecule has 3 rings (SSSR count). The molecule has 0 aromatic heterocycles. The zero-order valence-electron chi connectivity index (χ0n) is 13.4. The van der Waals surface area contributed by atoms with Crippen LogP contribution in [0.3, 0.4) is 0 Å². The van der Waals surface area contributed by atoms with Crippen LogP contribution in [0.15, 0.2) is 0 Å². The van der Waals surface area contributed by atoms with Gasteiger partial charge in [0, 0.05) is 18.5 Å². The Morgan fingerprint density at radius 2 is 1.71 bits per heavy atom. The third-order valence-corrected chi connectivity index (χ3v) is 6.30. The van der Waals surface area contributed by atoms with E-state index in [0.29, 0.717) is 24.4 Å². The number of piperidine rings is 1. The molecule has 0 bridgehead atoms. The van der Waals surface area contributed by atoms with Crippen molar-refractivity contribution in [3.8, 4) is 0 Å². The number of likely N-dealkylation sites (tertiary alicyclic amines) is 1. The van der Waals surface area contributed by atoms with E-state index in [1.54, 1.807) is 0 Å². The lowest BCUT2D eigenvalue weighted by Gasteiger charge is -2.43. The van der Waals surface area contributed by atoms with E-state index in [0.717, 1.165) is 31.2 Å². The van der Waals surface area contributed by atoms with Gasteiger partial charge in [-0.15, -0.1) is 0 Å². The molecule has 0 spiro atoms. The second-order valence-corrected chi connectivity index (χ2v) is 7.57. The van der Waals surface area contributed by atoms with Gasteiger partial charge in [0.15, 0.2) is 0 Å². The molecule has 21 heavy (non-hydrogen) atoms. The van der Waals surface area contributed by atoms with Crippen LogP contribution >= 0.6 is 0 Å². The topological polar surface area (TPSA) is 46.3 Å². The molecule has 3 fully saturated rings. The Morgan fingerprint density at radius 1 is 0.952 bits per heavy atom. The standard InChI is InChI=1S/C18H32N2O/c19-11-10-17-7-3-4-12-20(17)18(21)16-9-8-14-5-1-2-6-15(14)13-16/h14-17H,1-13,19H2. The Hall–Kier alpha value is -0.570. The summed E-state index contributed by atoms with van der Waals surface area (Å²) in [6, 6.07) is 0.431. The number of amides is 1. The Bertz CT molecular complexity index is 355. The molecule has 120 valence electrons. The van der Waals surface area contributed by atoms with Gasteiger partial charge in [-0.1, -0.05) is 25.7 Å². The van der Waals surface area contributed by atoms with E-state index in [1.165, 1.54) is 57.8 Å². The van der Waals surface area contributed by atoms with Gasteiger partial charge < -0.3 is 10.6 Å². The number of hydrogen-bond acceptors (Lipinski definition) is 2. The third-order valence-electron chi connectivity index (χ3n) is 6.30. The molecule has 2 N–H and O–H groups in total. The minimum absolute atomic E-state index is 0.322. The Balaban J connectivity index is 1.61. The highest BCUT2D eigenvalue weighted by atomic mass is 16.2. The van der Waals surface area contributed by atoms with E-state index in [1.807, 2.05) is 0 Å². The van der Waals surface area contributed by atoms with Crippen LogP contribution in [0.1, 0.15) is 70.6 Å². The summed E-state index contributed by atoms with van der Waals surface area (Å²) in [7, 11) is 0. The molecule has 0 radical (unpaired) electrons. The van der Waals surface area contributed by atoms with Crippen LogP contribution in [0.2, 0.25) is 0 Å². The monoisotopic (exact) mass is 292 g/mol. The van der Waals surface area contributed by atoms with Gasteiger partial charge in [-0.05, 0) is 63.3 Å². The van der Waals surface area contributed by atoms with Gasteiger partial charge in [0.05, 0.1) is 0 Å². The van der Waals surface area contributed by atoms with Crippen molar-refractivity contribution in [2.24, 2.45) is 23.5 Å². The molecule has 1 amide bonds. The summed E-state index contributed by atoms with van der Waals surface area (Å²) in [5, 5.41) is 0. The highest BCUT2D eigenvalue weighted by Gasteiger charge is 2.38. The van der Waals surface area contributed by atoms with E-state index < -0.39 is 0 Å². The van der Waals surface area contributed by atoms with Crippen molar-refractivity contribution in [1.29, 1.82) is 0 Å². The SMILES string of the molecule is NCCC1CCCCN1C(=O)C1CCC2CCCCC2C1. The van der Waals surface area contributed by atoms with Crippen molar-refractivity contribution in [3.05, 3.63) is 0 Å². The molecule has 0 aromatic rings. The Morgan fingerprint density at radius 3 is 2.52 bits per heavy atom. The number of nitrogens with zero attached hydrogens (tertiary/aromatic N) is 1. The van der Waals surface area contributed by atoms with Crippen molar-refractivity contribution >= 4 is 5.91 Å². The van der Waals surface area contributed by atoms with Crippen molar-refractivity contribution in [2.75, 3.05) is 13.1 Å². The molecule has 4 unspecified atom stereocenters. The molecule has 0 aromatic carbocycles. The molecule has 3 nitrogen and oxygen atoms in total. The van der Waals surface area contributed by atoms with E-state index in [2.05, 4.69) is 4.90 Å². The number of carbonyl (C=O) groups excluding carboxylic acids is 1. The fraction of sp³-hybridized carbons (Fsp3) is 0.944. The smallest absolute Gasteiger partial charge is 0.225 e. The fourth-order valence-corrected chi connectivity index (χ4v) is 5.12. The highest BCUT2D eigenvalue weighted by Crippen LogP contribution is 2.43. The summed E-state index contributed by atoms with van der Waals surface area (Å²) in [6.45, 7) is 1.69. The van der Waals surface area contributed by atoms with Crippen molar-refractivity contribution in [1.82, 2.24) is 4.90 Å². The number of nitrogens with two attached hydrogens (primary N) is 1. The van der Waals surface area contributed by atoms with Gasteiger partial charge in [0.2, 0.25) is 5.91 Å². The molecule has 1 heterocycles. The summed E-state index contributed by atoms with van der Waals surface area (Å²) in [4.78, 5) is 15.2. The molecule has 3 heteroatoms. The lowest BCUT2D eigenvalue weighted by Crippen LogP contribution is -2.48. The van der Waals surface area contributed by atoms with Gasteiger partial charge >= 0.3 is 0 Å². The van der Waals surface area contributed by atoms with E-state index in [9.17, 15) is 4.79 Å². The molecule has 4 atom stereocenters. The first-order valence-electron chi connectivity index (χ1n) is 9.30. The van der Waals surface area contributed by atoms with Crippen LogP contribution in [0.4, 0.5) is 0 Å². The summed E-state index contributed by atoms with van der Waals surface area (Å²) < 4.78 is 0. The quantitative estimate of drug-likeness (QED) is 0.867. The van der Waals surface area contributed by atoms with Crippen LogP contribution < -0.4 is 5.73 Å². The minimum atomic E-state index is 0.322. The molecule has 1 saturated heterocycles. The van der Waals surface area contributed by atoms with Gasteiger partial charge in [0.25, 0.3) is 0 Å². The summed E-state index contributed by atoms with van der Waals surface area (Å²) in [5.74, 6) is 2.57. The summed E-state index contributed by atoms with van der Waals surface area (Å²) in [5.41, 5.74) is 5.75. The predicted octanol–water partition coefficient (Wildman–Crippen LogP) is 3.32. The van der Waals surface area contributed by atoms with Crippen molar-refractivity contribution in [3.63, 3.8) is 0 Å². The van der Waals surface area contributed by atoms with E-state index in [-0.39, 0.29) is 0 Å². The molecule has 3 aliphatic rings. The first-order chi connectivity index (χ1) is 10.3. The fourth-order valence-electron chi connectivity index (χ4n) is 5.12. The third kappa shape index (κ3) is 3.44. The van der Waals surface area contributed by atoms with Crippen LogP contribution in [-0.4, -0.2) is 29.9 Å². The minimum Gasteiger partial charge on any atom is -0.339 e. The van der Waals surface area contributed by atoms with Gasteiger partial charge in [-0.25, -0.2) is 0 Å². The van der Waals surface area contributed by atoms with Crippen molar-refractivity contribution in [2.45, 2.75) is 76.7 Å². The zero-order valence-corrected chi connectivity index (χ0v) is 13.4. The predicted molar refractivity (Wildman–Crippen MR) is 85.8 cm³/mol. The highest BCUT2D eigenvalue weighted by molar-refractivity contribution is 5.79. The second-order valence-electron chi connectivity index (χ2n) is 7.57. The summed E-state index contributed by atoms with van der Waals surface area (Å²) in [6.07, 6.45) is 13.8. The number of rotatable bonds is 3. The largest absolute Gasteiger partial charge is 0.339 e. The van der Waals surface area contributed by atoms with Crippen LogP contribution in [-0.2, 0) is 4.79 Å². The molecule has 1 aliphatic heterocycles. The van der Waals surface area contributed by atoms with Crippen LogP contribution in [0, 0.1) is 17.8 Å². The second kappa shape index (κ2) is 7.13. The van der Waals surface area contributed by atoms with Crippen LogP contribution in [0.25, 0.3) is 0 Å². The van der Waals surface area contributed by atoms with E-state index in [4.69, 9.17) is 5.73 Å². The first-order valence-corrected chi connectivity index (χ1v) is 9.30. The average Bonchev–Trinajstić information content (AvgIpc) is 2.54. The average molecular weight is 292 g/mol. The van der Waals surface area contributed by atoms with Gasteiger partial charge in [-0.3, -0.25) is 4.79 Å². The maximum absolute atomic E-state index is 13.0. The Labute approximate surface area is 129 Å². The lowest BCUT2D eigenvalue weighted by atomic mass is 9.67. The van der Waals surface area contributed by atoms with E-state index >= 15 is 0 Å². The normalized spacial score (nSPS) is 37.1. The van der Waals surface area contributed by atoms with Crippen LogP contribution in [0.5, 0.6) is 0 Å². The van der Waals surface area contributed by atoms with Crippen molar-refractivity contribution < 1.29 is 4.79 Å². The maximum Gasteiger partial charge on any atom is 0.225 e.